The molecule has 166 valence electrons. The number of nitriles is 1. The Kier molecular flexibility index (Phi) is 5.47. The normalized spacial score (nSPS) is 12.3. The number of nitrogens with zero attached hydrogens (tertiary/aromatic N) is 4. The van der Waals surface area contributed by atoms with Crippen molar-refractivity contribution in [2.24, 2.45) is 0 Å². The minimum atomic E-state index is -4.70. The fourth-order valence-corrected chi connectivity index (χ4v) is 3.65. The van der Waals surface area contributed by atoms with Crippen molar-refractivity contribution in [3.63, 3.8) is 0 Å². The Morgan fingerprint density at radius 3 is 2.55 bits per heavy atom. The van der Waals surface area contributed by atoms with Crippen molar-refractivity contribution in [2.75, 3.05) is 11.1 Å². The molecule has 0 saturated carbocycles. The molecule has 0 bridgehead atoms. The number of rotatable bonds is 4. The third-order valence-electron chi connectivity index (χ3n) is 5.12. The topological polar surface area (TPSA) is 110 Å². The van der Waals surface area contributed by atoms with E-state index < -0.39 is 28.7 Å². The minimum Gasteiger partial charge on any atom is -0.368 e. The molecular formula is C23H17F3N6O. The standard InChI is InChI=1S/C23H17F3N6O/c1-13(30-20-15(11-27)12-29-22(28)31-20)18-10-14-6-5-9-17(23(24,25)26)19(14)21(33)32(18)16-7-3-2-4-8-16/h2-10,12-13H,1H3,(H3,28,29,30,31)/t13-/m0/s1. The van der Waals surface area contributed by atoms with Gasteiger partial charge < -0.3 is 11.1 Å². The van der Waals surface area contributed by atoms with E-state index in [1.165, 1.54) is 29.0 Å². The van der Waals surface area contributed by atoms with Crippen LogP contribution in [-0.4, -0.2) is 14.5 Å². The van der Waals surface area contributed by atoms with Gasteiger partial charge in [0.05, 0.1) is 23.2 Å². The largest absolute Gasteiger partial charge is 0.417 e. The van der Waals surface area contributed by atoms with Gasteiger partial charge in [-0.2, -0.15) is 23.4 Å². The molecule has 1 atom stereocenters. The molecule has 2 heterocycles. The molecule has 10 heteroatoms. The van der Waals surface area contributed by atoms with Crippen LogP contribution in [0.2, 0.25) is 0 Å². The lowest BCUT2D eigenvalue weighted by Gasteiger charge is -2.22. The summed E-state index contributed by atoms with van der Waals surface area (Å²) >= 11 is 0. The maximum Gasteiger partial charge on any atom is 0.417 e. The van der Waals surface area contributed by atoms with Gasteiger partial charge in [0.25, 0.3) is 5.56 Å². The zero-order valence-corrected chi connectivity index (χ0v) is 17.3. The highest BCUT2D eigenvalue weighted by Gasteiger charge is 2.34. The third kappa shape index (κ3) is 4.08. The molecule has 2 aromatic carbocycles. The van der Waals surface area contributed by atoms with Crippen LogP contribution in [0.15, 0.2) is 65.6 Å². The number of anilines is 2. The van der Waals surface area contributed by atoms with Crippen molar-refractivity contribution >= 4 is 22.5 Å². The van der Waals surface area contributed by atoms with Crippen LogP contribution in [0.1, 0.15) is 29.8 Å². The molecule has 3 N–H and O–H groups in total. The van der Waals surface area contributed by atoms with Gasteiger partial charge in [-0.25, -0.2) is 4.98 Å². The number of hydrogen-bond acceptors (Lipinski definition) is 6. The quantitative estimate of drug-likeness (QED) is 0.476. The number of pyridine rings is 1. The predicted octanol–water partition coefficient (Wildman–Crippen LogP) is 4.43. The zero-order chi connectivity index (χ0) is 23.8. The van der Waals surface area contributed by atoms with Gasteiger partial charge in [0.1, 0.15) is 17.5 Å². The number of alkyl halides is 3. The van der Waals surface area contributed by atoms with E-state index >= 15 is 0 Å². The van der Waals surface area contributed by atoms with Crippen molar-refractivity contribution < 1.29 is 13.2 Å². The summed E-state index contributed by atoms with van der Waals surface area (Å²) in [5.41, 5.74) is 4.73. The van der Waals surface area contributed by atoms with Crippen molar-refractivity contribution in [1.29, 1.82) is 5.26 Å². The highest BCUT2D eigenvalue weighted by Crippen LogP contribution is 2.34. The molecule has 0 spiro atoms. The summed E-state index contributed by atoms with van der Waals surface area (Å²) in [6, 6.07) is 14.8. The van der Waals surface area contributed by atoms with Crippen LogP contribution < -0.4 is 16.6 Å². The lowest BCUT2D eigenvalue weighted by atomic mass is 10.0. The summed E-state index contributed by atoms with van der Waals surface area (Å²) in [5, 5.41) is 12.1. The first-order valence-electron chi connectivity index (χ1n) is 9.81. The summed E-state index contributed by atoms with van der Waals surface area (Å²) in [7, 11) is 0. The van der Waals surface area contributed by atoms with Crippen LogP contribution in [0.25, 0.3) is 16.5 Å². The third-order valence-corrected chi connectivity index (χ3v) is 5.12. The maximum atomic E-state index is 13.7. The van der Waals surface area contributed by atoms with Crippen LogP contribution >= 0.6 is 0 Å². The maximum absolute atomic E-state index is 13.7. The molecule has 0 aliphatic heterocycles. The molecule has 4 aromatic rings. The molecule has 4 rings (SSSR count). The van der Waals surface area contributed by atoms with Gasteiger partial charge in [-0.1, -0.05) is 30.3 Å². The number of aromatic nitrogens is 3. The lowest BCUT2D eigenvalue weighted by molar-refractivity contribution is -0.136. The van der Waals surface area contributed by atoms with Gasteiger partial charge in [0, 0.05) is 11.4 Å². The Hall–Kier alpha value is -4.39. The molecule has 0 radical (unpaired) electrons. The molecule has 7 nitrogen and oxygen atoms in total. The molecule has 0 saturated heterocycles. The SMILES string of the molecule is C[C@H](Nc1nc(N)ncc1C#N)c1cc2cccc(C(F)(F)F)c2c(=O)n1-c1ccccc1. The Balaban J connectivity index is 1.98. The zero-order valence-electron chi connectivity index (χ0n) is 17.3. The number of nitrogen functional groups attached to an aromatic ring is 1. The van der Waals surface area contributed by atoms with E-state index in [4.69, 9.17) is 5.73 Å². The van der Waals surface area contributed by atoms with Gasteiger partial charge in [0.2, 0.25) is 5.95 Å². The molecule has 0 unspecified atom stereocenters. The summed E-state index contributed by atoms with van der Waals surface area (Å²) < 4.78 is 42.3. The first kappa shape index (κ1) is 21.8. The van der Waals surface area contributed by atoms with Gasteiger partial charge in [-0.3, -0.25) is 9.36 Å². The second-order valence-corrected chi connectivity index (χ2v) is 7.28. The van der Waals surface area contributed by atoms with Gasteiger partial charge >= 0.3 is 6.18 Å². The van der Waals surface area contributed by atoms with Crippen molar-refractivity contribution in [2.45, 2.75) is 19.1 Å². The van der Waals surface area contributed by atoms with Crippen LogP contribution in [-0.2, 0) is 6.18 Å². The number of nitrogens with one attached hydrogen (secondary N) is 1. The fraction of sp³-hybridized carbons (Fsp3) is 0.130. The molecule has 33 heavy (non-hydrogen) atoms. The van der Waals surface area contributed by atoms with Crippen molar-refractivity contribution in [3.8, 4) is 11.8 Å². The lowest BCUT2D eigenvalue weighted by Crippen LogP contribution is -2.27. The summed E-state index contributed by atoms with van der Waals surface area (Å²) in [6.45, 7) is 1.70. The number of fused-ring (bicyclic) bond motifs is 1. The Labute approximate surface area is 185 Å². The van der Waals surface area contributed by atoms with Crippen LogP contribution in [0.3, 0.4) is 0 Å². The molecule has 0 aliphatic carbocycles. The Bertz CT molecular complexity index is 1440. The highest BCUT2D eigenvalue weighted by molar-refractivity contribution is 5.86. The van der Waals surface area contributed by atoms with E-state index in [1.54, 1.807) is 37.3 Å². The average molecular weight is 450 g/mol. The summed E-state index contributed by atoms with van der Waals surface area (Å²) in [4.78, 5) is 21.3. The summed E-state index contributed by atoms with van der Waals surface area (Å²) in [5.74, 6) is 0.0891. The minimum absolute atomic E-state index is 0.0579. The fourth-order valence-electron chi connectivity index (χ4n) is 3.65. The number of nitrogens with two attached hydrogens (primary N) is 1. The average Bonchev–Trinajstić information content (AvgIpc) is 2.78. The second-order valence-electron chi connectivity index (χ2n) is 7.28. The van der Waals surface area contributed by atoms with Crippen LogP contribution in [0.5, 0.6) is 0 Å². The van der Waals surface area contributed by atoms with Gasteiger partial charge in [-0.05, 0) is 36.6 Å². The number of hydrogen-bond donors (Lipinski definition) is 2. The van der Waals surface area contributed by atoms with E-state index in [2.05, 4.69) is 15.3 Å². The van der Waals surface area contributed by atoms with Gasteiger partial charge in [0.15, 0.2) is 0 Å². The highest BCUT2D eigenvalue weighted by atomic mass is 19.4. The van der Waals surface area contributed by atoms with E-state index in [9.17, 15) is 23.2 Å². The molecule has 0 aliphatic rings. The number of halogens is 3. The first-order valence-corrected chi connectivity index (χ1v) is 9.81. The number of para-hydroxylation sites is 1. The van der Waals surface area contributed by atoms with Crippen LogP contribution in [0.4, 0.5) is 24.9 Å². The monoisotopic (exact) mass is 450 g/mol. The number of benzene rings is 2. The predicted molar refractivity (Wildman–Crippen MR) is 118 cm³/mol. The first-order chi connectivity index (χ1) is 15.7. The van der Waals surface area contributed by atoms with E-state index in [-0.39, 0.29) is 22.7 Å². The summed E-state index contributed by atoms with van der Waals surface area (Å²) in [6.07, 6.45) is -3.43. The molecule has 0 fully saturated rings. The molecule has 2 aromatic heterocycles. The van der Waals surface area contributed by atoms with Gasteiger partial charge in [-0.15, -0.1) is 0 Å². The van der Waals surface area contributed by atoms with Crippen LogP contribution in [0, 0.1) is 11.3 Å². The Morgan fingerprint density at radius 2 is 1.88 bits per heavy atom. The van der Waals surface area contributed by atoms with Crippen molar-refractivity contribution in [1.82, 2.24) is 14.5 Å². The molecule has 0 amide bonds. The Morgan fingerprint density at radius 1 is 1.15 bits per heavy atom. The molecular weight excluding hydrogens is 433 g/mol. The smallest absolute Gasteiger partial charge is 0.368 e. The van der Waals surface area contributed by atoms with Crippen molar-refractivity contribution in [3.05, 3.63) is 88.0 Å². The second kappa shape index (κ2) is 8.27. The van der Waals surface area contributed by atoms with E-state index in [0.717, 1.165) is 6.07 Å². The van der Waals surface area contributed by atoms with E-state index in [1.807, 2.05) is 6.07 Å². The van der Waals surface area contributed by atoms with E-state index in [0.29, 0.717) is 11.4 Å².